The molecule has 0 unspecified atom stereocenters. The van der Waals surface area contributed by atoms with Crippen molar-refractivity contribution in [1.29, 1.82) is 0 Å². The van der Waals surface area contributed by atoms with Gasteiger partial charge in [-0.25, -0.2) is 20.6 Å². The number of nitrogen functional groups attached to an aromatic ring is 1. The quantitative estimate of drug-likeness (QED) is 0.181. The van der Waals surface area contributed by atoms with Crippen LogP contribution in [0.15, 0.2) is 6.33 Å². The van der Waals surface area contributed by atoms with Crippen molar-refractivity contribution < 1.29 is 9.72 Å². The summed E-state index contributed by atoms with van der Waals surface area (Å²) in [6.07, 6.45) is 1.12. The monoisotopic (exact) mass is 256 g/mol. The molecule has 0 spiro atoms. The van der Waals surface area contributed by atoms with Crippen molar-refractivity contribution in [1.82, 2.24) is 15.3 Å². The fraction of sp³-hybridized carbons (Fsp3) is 0.286. The van der Waals surface area contributed by atoms with E-state index >= 15 is 0 Å². The minimum atomic E-state index is -0.682. The highest BCUT2D eigenvalue weighted by atomic mass is 16.6. The Bertz CT molecular complexity index is 450. The molecule has 7 N–H and O–H groups in total. The molecule has 0 radical (unpaired) electrons. The summed E-state index contributed by atoms with van der Waals surface area (Å²) in [4.78, 5) is 27.9. The lowest BCUT2D eigenvalue weighted by Gasteiger charge is -2.07. The number of amides is 2. The van der Waals surface area contributed by atoms with Gasteiger partial charge in [-0.15, -0.1) is 0 Å². The molecule has 18 heavy (non-hydrogen) atoms. The lowest BCUT2D eigenvalue weighted by molar-refractivity contribution is -0.383. The molecule has 1 rings (SSSR count). The Balaban J connectivity index is 2.75. The highest BCUT2D eigenvalue weighted by Gasteiger charge is 2.21. The molecule has 0 aliphatic rings. The van der Waals surface area contributed by atoms with Gasteiger partial charge in [0.2, 0.25) is 11.6 Å². The van der Waals surface area contributed by atoms with Gasteiger partial charge in [-0.1, -0.05) is 0 Å². The summed E-state index contributed by atoms with van der Waals surface area (Å²) in [7, 11) is 0. The second kappa shape index (κ2) is 6.15. The third kappa shape index (κ3) is 3.41. The average Bonchev–Trinajstić information content (AvgIpc) is 2.33. The number of anilines is 2. The molecule has 98 valence electrons. The molecule has 1 heterocycles. The average molecular weight is 256 g/mol. The number of nitro groups is 1. The van der Waals surface area contributed by atoms with Gasteiger partial charge in [-0.05, 0) is 0 Å². The number of aromatic nitrogens is 2. The van der Waals surface area contributed by atoms with Crippen LogP contribution < -0.4 is 27.6 Å². The largest absolute Gasteiger partial charge is 0.362 e. The van der Waals surface area contributed by atoms with Crippen LogP contribution in [0, 0.1) is 10.1 Å². The van der Waals surface area contributed by atoms with Crippen LogP contribution in [0.5, 0.6) is 0 Å². The number of nitrogens with zero attached hydrogens (tertiary/aromatic N) is 3. The SMILES string of the molecule is NNc1ncnc(NCCNC(N)=O)c1[N+](=O)[O-]. The molecule has 11 heteroatoms. The van der Waals surface area contributed by atoms with Gasteiger partial charge in [0.1, 0.15) is 6.33 Å². The van der Waals surface area contributed by atoms with Gasteiger partial charge in [0.25, 0.3) is 0 Å². The first-order valence-corrected chi connectivity index (χ1v) is 4.79. The number of primary amides is 1. The van der Waals surface area contributed by atoms with Crippen LogP contribution in [0.1, 0.15) is 0 Å². The number of rotatable bonds is 6. The Kier molecular flexibility index (Phi) is 4.57. The normalized spacial score (nSPS) is 9.61. The molecule has 0 fully saturated rings. The van der Waals surface area contributed by atoms with Crippen molar-refractivity contribution >= 4 is 23.4 Å². The van der Waals surface area contributed by atoms with Gasteiger partial charge >= 0.3 is 11.7 Å². The second-order valence-corrected chi connectivity index (χ2v) is 3.04. The first-order valence-electron chi connectivity index (χ1n) is 4.79. The summed E-state index contributed by atoms with van der Waals surface area (Å²) in [5.74, 6) is 4.99. The third-order valence-corrected chi connectivity index (χ3v) is 1.86. The zero-order chi connectivity index (χ0) is 13.5. The Morgan fingerprint density at radius 1 is 1.39 bits per heavy atom. The predicted molar refractivity (Wildman–Crippen MR) is 62.6 cm³/mol. The first-order chi connectivity index (χ1) is 8.56. The zero-order valence-electron chi connectivity index (χ0n) is 9.21. The fourth-order valence-corrected chi connectivity index (χ4v) is 1.15. The zero-order valence-corrected chi connectivity index (χ0v) is 9.21. The van der Waals surface area contributed by atoms with Crippen LogP contribution in [0.4, 0.5) is 22.1 Å². The van der Waals surface area contributed by atoms with Gasteiger partial charge in [-0.3, -0.25) is 10.1 Å². The van der Waals surface area contributed by atoms with Crippen molar-refractivity contribution in [3.63, 3.8) is 0 Å². The van der Waals surface area contributed by atoms with Gasteiger partial charge in [-0.2, -0.15) is 0 Å². The van der Waals surface area contributed by atoms with Crippen LogP contribution in [-0.2, 0) is 0 Å². The van der Waals surface area contributed by atoms with E-state index in [2.05, 4.69) is 26.0 Å². The Hall–Kier alpha value is -2.69. The summed E-state index contributed by atoms with van der Waals surface area (Å²) in [5.41, 5.74) is 6.59. The highest BCUT2D eigenvalue weighted by Crippen LogP contribution is 2.27. The Labute approximate surface area is 101 Å². The van der Waals surface area contributed by atoms with Crippen molar-refractivity contribution in [2.75, 3.05) is 23.8 Å². The maximum Gasteiger partial charge on any atom is 0.354 e. The Morgan fingerprint density at radius 2 is 2.06 bits per heavy atom. The summed E-state index contributed by atoms with van der Waals surface area (Å²) in [6, 6.07) is -0.682. The van der Waals surface area contributed by atoms with E-state index in [0.717, 1.165) is 6.33 Å². The number of hydrazine groups is 1. The topological polar surface area (TPSA) is 174 Å². The van der Waals surface area contributed by atoms with E-state index in [0.29, 0.717) is 0 Å². The maximum atomic E-state index is 10.8. The number of nitrogens with one attached hydrogen (secondary N) is 3. The van der Waals surface area contributed by atoms with E-state index < -0.39 is 11.0 Å². The minimum Gasteiger partial charge on any atom is -0.362 e. The predicted octanol–water partition coefficient (Wildman–Crippen LogP) is -1.25. The molecule has 11 nitrogen and oxygen atoms in total. The van der Waals surface area contributed by atoms with Crippen LogP contribution in [0.25, 0.3) is 0 Å². The van der Waals surface area contributed by atoms with E-state index in [-0.39, 0.29) is 30.4 Å². The minimum absolute atomic E-state index is 0.00535. The molecular weight excluding hydrogens is 244 g/mol. The molecule has 0 saturated carbocycles. The van der Waals surface area contributed by atoms with E-state index in [1.807, 2.05) is 0 Å². The lowest BCUT2D eigenvalue weighted by atomic mass is 10.4. The van der Waals surface area contributed by atoms with E-state index in [9.17, 15) is 14.9 Å². The van der Waals surface area contributed by atoms with Gasteiger partial charge in [0.15, 0.2) is 0 Å². The first kappa shape index (κ1) is 13.4. The molecule has 0 aromatic carbocycles. The summed E-state index contributed by atoms with van der Waals surface area (Å²) in [5, 5.41) is 15.8. The summed E-state index contributed by atoms with van der Waals surface area (Å²) < 4.78 is 0. The van der Waals surface area contributed by atoms with Crippen LogP contribution in [0.2, 0.25) is 0 Å². The molecule has 2 amide bonds. The van der Waals surface area contributed by atoms with Gasteiger partial charge < -0.3 is 21.8 Å². The standard InChI is InChI=1S/C7H12N8O3/c8-7(16)11-2-1-10-5-4(15(17)18)6(14-9)13-3-12-5/h3H,1-2,9H2,(H3,8,11,16)(H2,10,12,13,14). The Morgan fingerprint density at radius 3 is 2.61 bits per heavy atom. The van der Waals surface area contributed by atoms with E-state index in [1.54, 1.807) is 0 Å². The summed E-state index contributed by atoms with van der Waals surface area (Å²) >= 11 is 0. The lowest BCUT2D eigenvalue weighted by Crippen LogP contribution is -2.33. The molecule has 0 bridgehead atoms. The van der Waals surface area contributed by atoms with Crippen LogP contribution in [0.3, 0.4) is 0 Å². The molecule has 0 saturated heterocycles. The number of carbonyl (C=O) groups excluding carboxylic acids is 1. The molecule has 0 aliphatic heterocycles. The van der Waals surface area contributed by atoms with Crippen LogP contribution >= 0.6 is 0 Å². The maximum absolute atomic E-state index is 10.8. The van der Waals surface area contributed by atoms with Crippen molar-refractivity contribution in [3.8, 4) is 0 Å². The van der Waals surface area contributed by atoms with Gasteiger partial charge in [0, 0.05) is 13.1 Å². The van der Waals surface area contributed by atoms with E-state index in [1.165, 1.54) is 0 Å². The second-order valence-electron chi connectivity index (χ2n) is 3.04. The number of hydrogen-bond donors (Lipinski definition) is 5. The molecule has 1 aromatic heterocycles. The summed E-state index contributed by atoms with van der Waals surface area (Å²) in [6.45, 7) is 0.409. The third-order valence-electron chi connectivity index (χ3n) is 1.86. The molecule has 0 atom stereocenters. The van der Waals surface area contributed by atoms with Gasteiger partial charge in [0.05, 0.1) is 4.92 Å². The smallest absolute Gasteiger partial charge is 0.354 e. The highest BCUT2D eigenvalue weighted by molar-refractivity contribution is 5.71. The fourth-order valence-electron chi connectivity index (χ4n) is 1.15. The molecule has 0 aliphatic carbocycles. The van der Waals surface area contributed by atoms with Crippen molar-refractivity contribution in [2.24, 2.45) is 11.6 Å². The molecule has 1 aromatic rings. The van der Waals surface area contributed by atoms with Crippen molar-refractivity contribution in [3.05, 3.63) is 16.4 Å². The number of urea groups is 1. The molecular formula is C7H12N8O3. The number of carbonyl (C=O) groups is 1. The van der Waals surface area contributed by atoms with Crippen molar-refractivity contribution in [2.45, 2.75) is 0 Å². The van der Waals surface area contributed by atoms with E-state index in [4.69, 9.17) is 11.6 Å². The number of nitrogens with two attached hydrogens (primary N) is 2. The van der Waals surface area contributed by atoms with Crippen LogP contribution in [-0.4, -0.2) is 34.0 Å². The number of hydrogen-bond acceptors (Lipinski definition) is 8.